The zero-order valence-corrected chi connectivity index (χ0v) is 9.23. The molecule has 0 radical (unpaired) electrons. The Hall–Kier alpha value is -0.340. The van der Waals surface area contributed by atoms with E-state index in [9.17, 15) is 0 Å². The minimum absolute atomic E-state index is 0.170. The summed E-state index contributed by atoms with van der Waals surface area (Å²) in [5, 5.41) is 9.13. The maximum atomic E-state index is 9.13. The topological polar surface area (TPSA) is 20.2 Å². The van der Waals surface area contributed by atoms with E-state index in [-0.39, 0.29) is 6.10 Å². The van der Waals surface area contributed by atoms with E-state index in [1.54, 1.807) is 0 Å². The van der Waals surface area contributed by atoms with E-state index in [1.165, 1.54) is 22.6 Å². The molecule has 1 aromatic rings. The van der Waals surface area contributed by atoms with Gasteiger partial charge in [-0.25, -0.2) is 0 Å². The Bertz CT molecular complexity index is 240. The van der Waals surface area contributed by atoms with E-state index in [0.717, 1.165) is 12.8 Å². The van der Waals surface area contributed by atoms with E-state index in [2.05, 4.69) is 19.1 Å². The summed E-state index contributed by atoms with van der Waals surface area (Å²) in [6.07, 6.45) is 4.14. The Balaban J connectivity index is 2.39. The van der Waals surface area contributed by atoms with Gasteiger partial charge in [0.05, 0.1) is 6.10 Å². The average molecular weight is 198 g/mol. The third-order valence-electron chi connectivity index (χ3n) is 2.02. The van der Waals surface area contributed by atoms with Crippen LogP contribution in [0.3, 0.4) is 0 Å². The van der Waals surface area contributed by atoms with Gasteiger partial charge in [-0.1, -0.05) is 13.3 Å². The number of hydrogen-bond donors (Lipinski definition) is 1. The van der Waals surface area contributed by atoms with Crippen LogP contribution in [0, 0.1) is 0 Å². The number of hydrogen-bond acceptors (Lipinski definition) is 2. The van der Waals surface area contributed by atoms with Crippen LogP contribution in [0.25, 0.3) is 0 Å². The number of rotatable bonds is 5. The SMILES string of the molecule is CCCc1ccc(CC[C@H](C)O)s1. The molecule has 0 aliphatic rings. The molecular formula is C11H18OS. The van der Waals surface area contributed by atoms with E-state index in [4.69, 9.17) is 5.11 Å². The normalized spacial score (nSPS) is 13.2. The summed E-state index contributed by atoms with van der Waals surface area (Å²) < 4.78 is 0. The molecule has 1 rings (SSSR count). The summed E-state index contributed by atoms with van der Waals surface area (Å²) in [5.41, 5.74) is 0. The second kappa shape index (κ2) is 5.40. The monoisotopic (exact) mass is 198 g/mol. The van der Waals surface area contributed by atoms with Crippen molar-refractivity contribution in [2.45, 2.75) is 45.6 Å². The largest absolute Gasteiger partial charge is 0.393 e. The van der Waals surface area contributed by atoms with Gasteiger partial charge in [0.15, 0.2) is 0 Å². The van der Waals surface area contributed by atoms with Crippen LogP contribution in [0.2, 0.25) is 0 Å². The highest BCUT2D eigenvalue weighted by Gasteiger charge is 2.01. The van der Waals surface area contributed by atoms with Crippen molar-refractivity contribution in [1.29, 1.82) is 0 Å². The van der Waals surface area contributed by atoms with Crippen molar-refractivity contribution in [3.63, 3.8) is 0 Å². The molecule has 74 valence electrons. The third kappa shape index (κ3) is 3.92. The van der Waals surface area contributed by atoms with Crippen LogP contribution in [0.5, 0.6) is 0 Å². The summed E-state index contributed by atoms with van der Waals surface area (Å²) in [7, 11) is 0. The average Bonchev–Trinajstić information content (AvgIpc) is 2.50. The van der Waals surface area contributed by atoms with Crippen LogP contribution in [0.15, 0.2) is 12.1 Å². The Kier molecular flexibility index (Phi) is 4.46. The number of aryl methyl sites for hydroxylation is 2. The lowest BCUT2D eigenvalue weighted by molar-refractivity contribution is 0.185. The molecule has 1 heterocycles. The first-order valence-electron chi connectivity index (χ1n) is 4.98. The summed E-state index contributed by atoms with van der Waals surface area (Å²) in [5.74, 6) is 0. The molecule has 0 unspecified atom stereocenters. The molecule has 0 spiro atoms. The fourth-order valence-corrected chi connectivity index (χ4v) is 2.42. The fraction of sp³-hybridized carbons (Fsp3) is 0.636. The van der Waals surface area contributed by atoms with Crippen molar-refractivity contribution in [2.24, 2.45) is 0 Å². The maximum absolute atomic E-state index is 9.13. The van der Waals surface area contributed by atoms with Gasteiger partial charge in [-0.3, -0.25) is 0 Å². The minimum atomic E-state index is -0.170. The third-order valence-corrected chi connectivity index (χ3v) is 3.23. The zero-order valence-electron chi connectivity index (χ0n) is 8.42. The van der Waals surface area contributed by atoms with Crippen LogP contribution in [-0.2, 0) is 12.8 Å². The summed E-state index contributed by atoms with van der Waals surface area (Å²) >= 11 is 1.89. The van der Waals surface area contributed by atoms with Crippen LogP contribution < -0.4 is 0 Å². The molecular weight excluding hydrogens is 180 g/mol. The summed E-state index contributed by atoms with van der Waals surface area (Å²) in [6.45, 7) is 4.05. The van der Waals surface area contributed by atoms with E-state index in [1.807, 2.05) is 18.3 Å². The second-order valence-electron chi connectivity index (χ2n) is 3.51. The van der Waals surface area contributed by atoms with Gasteiger partial charge in [-0.2, -0.15) is 0 Å². The van der Waals surface area contributed by atoms with Crippen molar-refractivity contribution in [1.82, 2.24) is 0 Å². The van der Waals surface area contributed by atoms with Crippen molar-refractivity contribution in [2.75, 3.05) is 0 Å². The van der Waals surface area contributed by atoms with Gasteiger partial charge in [0, 0.05) is 9.75 Å². The van der Waals surface area contributed by atoms with Gasteiger partial charge in [0.2, 0.25) is 0 Å². The first kappa shape index (κ1) is 10.7. The van der Waals surface area contributed by atoms with Crippen molar-refractivity contribution >= 4 is 11.3 Å². The van der Waals surface area contributed by atoms with Gasteiger partial charge >= 0.3 is 0 Å². The molecule has 0 aliphatic heterocycles. The number of aliphatic hydroxyl groups is 1. The predicted molar refractivity (Wildman–Crippen MR) is 58.3 cm³/mol. The molecule has 0 amide bonds. The smallest absolute Gasteiger partial charge is 0.0515 e. The minimum Gasteiger partial charge on any atom is -0.393 e. The van der Waals surface area contributed by atoms with Crippen LogP contribution >= 0.6 is 11.3 Å². The highest BCUT2D eigenvalue weighted by molar-refractivity contribution is 7.11. The molecule has 0 aromatic carbocycles. The highest BCUT2D eigenvalue weighted by atomic mass is 32.1. The number of aliphatic hydroxyl groups excluding tert-OH is 1. The van der Waals surface area contributed by atoms with Crippen LogP contribution in [-0.4, -0.2) is 11.2 Å². The predicted octanol–water partition coefficient (Wildman–Crippen LogP) is 3.01. The fourth-order valence-electron chi connectivity index (χ4n) is 1.29. The Morgan fingerprint density at radius 1 is 1.31 bits per heavy atom. The quantitative estimate of drug-likeness (QED) is 0.771. The maximum Gasteiger partial charge on any atom is 0.0515 e. The van der Waals surface area contributed by atoms with Crippen molar-refractivity contribution < 1.29 is 5.11 Å². The van der Waals surface area contributed by atoms with Gasteiger partial charge in [-0.05, 0) is 38.3 Å². The molecule has 0 fully saturated rings. The molecule has 0 aliphatic carbocycles. The Morgan fingerprint density at radius 3 is 2.46 bits per heavy atom. The van der Waals surface area contributed by atoms with E-state index >= 15 is 0 Å². The Morgan fingerprint density at radius 2 is 1.92 bits per heavy atom. The second-order valence-corrected chi connectivity index (χ2v) is 4.76. The standard InChI is InChI=1S/C11H18OS/c1-3-4-10-7-8-11(13-10)6-5-9(2)12/h7-9,12H,3-6H2,1-2H3/t9-/m0/s1. The molecule has 1 nitrogen and oxygen atoms in total. The molecule has 0 bridgehead atoms. The molecule has 0 saturated carbocycles. The summed E-state index contributed by atoms with van der Waals surface area (Å²) in [6, 6.07) is 4.41. The molecule has 13 heavy (non-hydrogen) atoms. The van der Waals surface area contributed by atoms with E-state index < -0.39 is 0 Å². The van der Waals surface area contributed by atoms with Gasteiger partial charge in [0.25, 0.3) is 0 Å². The lowest BCUT2D eigenvalue weighted by Crippen LogP contribution is -1.99. The van der Waals surface area contributed by atoms with Gasteiger partial charge in [-0.15, -0.1) is 11.3 Å². The molecule has 1 N–H and O–H groups in total. The van der Waals surface area contributed by atoms with Crippen LogP contribution in [0.4, 0.5) is 0 Å². The zero-order chi connectivity index (χ0) is 9.68. The first-order valence-corrected chi connectivity index (χ1v) is 5.79. The lowest BCUT2D eigenvalue weighted by atomic mass is 10.2. The van der Waals surface area contributed by atoms with Gasteiger partial charge < -0.3 is 5.11 Å². The van der Waals surface area contributed by atoms with Crippen LogP contribution in [0.1, 0.15) is 36.4 Å². The number of thiophene rings is 1. The van der Waals surface area contributed by atoms with Crippen molar-refractivity contribution in [3.05, 3.63) is 21.9 Å². The Labute approximate surface area is 84.4 Å². The molecule has 0 saturated heterocycles. The van der Waals surface area contributed by atoms with Crippen molar-refractivity contribution in [3.8, 4) is 0 Å². The highest BCUT2D eigenvalue weighted by Crippen LogP contribution is 2.19. The lowest BCUT2D eigenvalue weighted by Gasteiger charge is -2.00. The first-order chi connectivity index (χ1) is 6.22. The summed E-state index contributed by atoms with van der Waals surface area (Å²) in [4.78, 5) is 2.88. The molecule has 1 aromatic heterocycles. The molecule has 2 heteroatoms. The van der Waals surface area contributed by atoms with E-state index in [0.29, 0.717) is 0 Å². The van der Waals surface area contributed by atoms with Gasteiger partial charge in [0.1, 0.15) is 0 Å². The molecule has 1 atom stereocenters.